The monoisotopic (exact) mass is 257 g/mol. The Hall–Kier alpha value is -0.940. The molecule has 0 fully saturated rings. The second kappa shape index (κ2) is 3.33. The van der Waals surface area contributed by atoms with Gasteiger partial charge in [-0.2, -0.15) is 0 Å². The quantitative estimate of drug-likeness (QED) is 0.852. The van der Waals surface area contributed by atoms with Crippen LogP contribution in [0.4, 0.5) is 4.39 Å². The fourth-order valence-electron chi connectivity index (χ4n) is 1.37. The van der Waals surface area contributed by atoms with Crippen molar-refractivity contribution in [1.82, 2.24) is 9.38 Å². The van der Waals surface area contributed by atoms with E-state index in [1.165, 1.54) is 12.3 Å². The predicted octanol–water partition coefficient (Wildman–Crippen LogP) is 2.26. The number of halogens is 2. The molecule has 1 unspecified atom stereocenters. The van der Waals surface area contributed by atoms with Crippen LogP contribution in [0.3, 0.4) is 0 Å². The highest BCUT2D eigenvalue weighted by molar-refractivity contribution is 9.10. The SMILES string of the molecule is CC(N)c1cnc2c(Br)cc(F)cn12. The maximum absolute atomic E-state index is 13.1. The largest absolute Gasteiger partial charge is 0.323 e. The molecule has 74 valence electrons. The van der Waals surface area contributed by atoms with Crippen LogP contribution in [0.1, 0.15) is 18.7 Å². The van der Waals surface area contributed by atoms with Crippen LogP contribution in [0.2, 0.25) is 0 Å². The second-order valence-corrected chi connectivity index (χ2v) is 4.03. The maximum atomic E-state index is 13.1. The van der Waals surface area contributed by atoms with E-state index in [1.54, 1.807) is 10.6 Å². The van der Waals surface area contributed by atoms with Gasteiger partial charge in [0, 0.05) is 12.2 Å². The number of hydrogen-bond donors (Lipinski definition) is 1. The Kier molecular flexibility index (Phi) is 2.28. The summed E-state index contributed by atoms with van der Waals surface area (Å²) in [6, 6.07) is 1.21. The van der Waals surface area contributed by atoms with Crippen molar-refractivity contribution in [2.24, 2.45) is 5.73 Å². The van der Waals surface area contributed by atoms with Gasteiger partial charge in [0.15, 0.2) is 5.65 Å². The Morgan fingerprint density at radius 1 is 1.64 bits per heavy atom. The summed E-state index contributed by atoms with van der Waals surface area (Å²) in [4.78, 5) is 4.15. The van der Waals surface area contributed by atoms with Gasteiger partial charge in [0.25, 0.3) is 0 Å². The molecule has 3 nitrogen and oxygen atoms in total. The first-order valence-corrected chi connectivity index (χ1v) is 4.96. The predicted molar refractivity (Wildman–Crippen MR) is 55.5 cm³/mol. The first-order valence-electron chi connectivity index (χ1n) is 4.17. The van der Waals surface area contributed by atoms with Crippen molar-refractivity contribution in [2.45, 2.75) is 13.0 Å². The zero-order valence-electron chi connectivity index (χ0n) is 7.54. The van der Waals surface area contributed by atoms with Gasteiger partial charge in [-0.25, -0.2) is 9.37 Å². The summed E-state index contributed by atoms with van der Waals surface area (Å²) < 4.78 is 15.4. The van der Waals surface area contributed by atoms with Gasteiger partial charge >= 0.3 is 0 Å². The molecule has 0 aliphatic heterocycles. The van der Waals surface area contributed by atoms with Gasteiger partial charge in [-0.15, -0.1) is 0 Å². The molecule has 0 saturated carbocycles. The van der Waals surface area contributed by atoms with Crippen LogP contribution < -0.4 is 5.73 Å². The van der Waals surface area contributed by atoms with E-state index in [9.17, 15) is 4.39 Å². The third-order valence-corrected chi connectivity index (χ3v) is 2.61. The van der Waals surface area contributed by atoms with Crippen molar-refractivity contribution < 1.29 is 4.39 Å². The summed E-state index contributed by atoms with van der Waals surface area (Å²) in [5.41, 5.74) is 7.20. The Morgan fingerprint density at radius 2 is 2.36 bits per heavy atom. The van der Waals surface area contributed by atoms with Crippen LogP contribution in [0.5, 0.6) is 0 Å². The minimum Gasteiger partial charge on any atom is -0.323 e. The molecular weight excluding hydrogens is 249 g/mol. The first-order chi connectivity index (χ1) is 6.59. The highest BCUT2D eigenvalue weighted by Gasteiger charge is 2.10. The van der Waals surface area contributed by atoms with Crippen molar-refractivity contribution in [2.75, 3.05) is 0 Å². The molecule has 2 aromatic rings. The van der Waals surface area contributed by atoms with Crippen LogP contribution in [0, 0.1) is 5.82 Å². The molecule has 5 heteroatoms. The van der Waals surface area contributed by atoms with Crippen molar-refractivity contribution in [3.63, 3.8) is 0 Å². The first kappa shape index (κ1) is 9.61. The number of rotatable bonds is 1. The summed E-state index contributed by atoms with van der Waals surface area (Å²) in [6.07, 6.45) is 3.04. The van der Waals surface area contributed by atoms with E-state index >= 15 is 0 Å². The topological polar surface area (TPSA) is 43.3 Å². The zero-order valence-corrected chi connectivity index (χ0v) is 9.12. The normalized spacial score (nSPS) is 13.4. The lowest BCUT2D eigenvalue weighted by Crippen LogP contribution is -2.08. The maximum Gasteiger partial charge on any atom is 0.151 e. The Bertz CT molecular complexity index is 478. The molecule has 1 atom stereocenters. The van der Waals surface area contributed by atoms with Crippen LogP contribution >= 0.6 is 15.9 Å². The van der Waals surface area contributed by atoms with Gasteiger partial charge in [0.1, 0.15) is 5.82 Å². The van der Waals surface area contributed by atoms with Crippen molar-refractivity contribution in [1.29, 1.82) is 0 Å². The molecule has 0 aromatic carbocycles. The average molecular weight is 258 g/mol. The Labute approximate surface area is 88.9 Å². The van der Waals surface area contributed by atoms with Crippen molar-refractivity contribution in [3.8, 4) is 0 Å². The second-order valence-electron chi connectivity index (χ2n) is 3.17. The van der Waals surface area contributed by atoms with Gasteiger partial charge in [0.05, 0.1) is 16.4 Å². The molecular formula is C9H9BrFN3. The molecule has 2 aromatic heterocycles. The molecule has 0 spiro atoms. The lowest BCUT2D eigenvalue weighted by Gasteiger charge is -2.05. The molecule has 0 radical (unpaired) electrons. The summed E-state index contributed by atoms with van der Waals surface area (Å²) in [5, 5.41) is 0. The third kappa shape index (κ3) is 1.42. The number of hydrogen-bond acceptors (Lipinski definition) is 2. The molecule has 2 rings (SSSR count). The third-order valence-electron chi connectivity index (χ3n) is 2.02. The lowest BCUT2D eigenvalue weighted by atomic mass is 10.3. The van der Waals surface area contributed by atoms with E-state index in [0.717, 1.165) is 5.69 Å². The summed E-state index contributed by atoms with van der Waals surface area (Å²) >= 11 is 3.25. The molecule has 0 saturated heterocycles. The van der Waals surface area contributed by atoms with Crippen LogP contribution in [-0.4, -0.2) is 9.38 Å². The number of pyridine rings is 1. The fourth-order valence-corrected chi connectivity index (χ4v) is 1.88. The van der Waals surface area contributed by atoms with Gasteiger partial charge in [-0.1, -0.05) is 0 Å². The number of aromatic nitrogens is 2. The van der Waals surface area contributed by atoms with Crippen LogP contribution in [-0.2, 0) is 0 Å². The highest BCUT2D eigenvalue weighted by atomic mass is 79.9. The Balaban J connectivity index is 2.78. The fraction of sp³-hybridized carbons (Fsp3) is 0.222. The molecule has 0 aliphatic rings. The van der Waals surface area contributed by atoms with Crippen molar-refractivity contribution >= 4 is 21.6 Å². The van der Waals surface area contributed by atoms with Gasteiger partial charge < -0.3 is 5.73 Å². The molecule has 2 heterocycles. The standard InChI is InChI=1S/C9H9BrFN3/c1-5(12)8-3-13-9-7(10)2-6(11)4-14(8)9/h2-5H,12H2,1H3. The van der Waals surface area contributed by atoms with E-state index in [1.807, 2.05) is 6.92 Å². The van der Waals surface area contributed by atoms with Gasteiger partial charge in [0.2, 0.25) is 0 Å². The van der Waals surface area contributed by atoms with Crippen LogP contribution in [0.25, 0.3) is 5.65 Å². The van der Waals surface area contributed by atoms with Gasteiger partial charge in [-0.3, -0.25) is 4.40 Å². The molecule has 0 amide bonds. The molecule has 0 aliphatic carbocycles. The number of imidazole rings is 1. The number of nitrogens with two attached hydrogens (primary N) is 1. The summed E-state index contributed by atoms with van der Waals surface area (Å²) in [6.45, 7) is 1.84. The van der Waals surface area contributed by atoms with E-state index in [0.29, 0.717) is 10.1 Å². The van der Waals surface area contributed by atoms with E-state index in [4.69, 9.17) is 5.73 Å². The van der Waals surface area contributed by atoms with Gasteiger partial charge in [-0.05, 0) is 28.9 Å². The molecule has 2 N–H and O–H groups in total. The minimum atomic E-state index is -0.315. The minimum absolute atomic E-state index is 0.168. The summed E-state index contributed by atoms with van der Waals surface area (Å²) in [5.74, 6) is -0.315. The smallest absolute Gasteiger partial charge is 0.151 e. The van der Waals surface area contributed by atoms with E-state index in [2.05, 4.69) is 20.9 Å². The summed E-state index contributed by atoms with van der Waals surface area (Å²) in [7, 11) is 0. The Morgan fingerprint density at radius 3 is 3.00 bits per heavy atom. The van der Waals surface area contributed by atoms with Crippen LogP contribution in [0.15, 0.2) is 22.9 Å². The number of nitrogens with zero attached hydrogens (tertiary/aromatic N) is 2. The highest BCUT2D eigenvalue weighted by Crippen LogP contribution is 2.21. The average Bonchev–Trinajstić information content (AvgIpc) is 2.47. The molecule has 0 bridgehead atoms. The molecule has 14 heavy (non-hydrogen) atoms. The van der Waals surface area contributed by atoms with E-state index < -0.39 is 0 Å². The van der Waals surface area contributed by atoms with E-state index in [-0.39, 0.29) is 11.9 Å². The zero-order chi connectivity index (χ0) is 10.3. The lowest BCUT2D eigenvalue weighted by molar-refractivity contribution is 0.614. The van der Waals surface area contributed by atoms with Crippen molar-refractivity contribution in [3.05, 3.63) is 34.4 Å². The number of fused-ring (bicyclic) bond motifs is 1.